The maximum Gasteiger partial charge on any atom is 0.248 e. The van der Waals surface area contributed by atoms with Gasteiger partial charge in [-0.2, -0.15) is 0 Å². The molecule has 2 rings (SSSR count). The first-order valence-corrected chi connectivity index (χ1v) is 8.17. The highest BCUT2D eigenvalue weighted by molar-refractivity contribution is 7.99. The molecule has 0 aliphatic rings. The number of benzene rings is 2. The van der Waals surface area contributed by atoms with Crippen LogP contribution >= 0.6 is 24.0 Å². The van der Waals surface area contributed by atoms with Gasteiger partial charge in [0.2, 0.25) is 5.91 Å². The molecular formula is C16H17N3OS2. The summed E-state index contributed by atoms with van der Waals surface area (Å²) < 4.78 is 0. The molecule has 0 spiro atoms. The summed E-state index contributed by atoms with van der Waals surface area (Å²) in [6, 6.07) is 17.1. The lowest BCUT2D eigenvalue weighted by Gasteiger charge is -2.10. The van der Waals surface area contributed by atoms with E-state index in [1.807, 2.05) is 18.2 Å². The van der Waals surface area contributed by atoms with Crippen molar-refractivity contribution in [2.75, 3.05) is 17.6 Å². The second kappa shape index (κ2) is 8.41. The first kappa shape index (κ1) is 16.3. The molecule has 6 heteroatoms. The molecule has 4 nitrogen and oxygen atoms in total. The van der Waals surface area contributed by atoms with Crippen LogP contribution in [0.25, 0.3) is 0 Å². The van der Waals surface area contributed by atoms with Gasteiger partial charge in [0.05, 0.1) is 0 Å². The average molecular weight is 331 g/mol. The summed E-state index contributed by atoms with van der Waals surface area (Å²) in [5.41, 5.74) is 6.49. The summed E-state index contributed by atoms with van der Waals surface area (Å²) >= 11 is 7.00. The standard InChI is InChI=1S/C16H17N3OS2/c17-15(20)12-6-8-13(9-7-12)19-16(21)18-10-11-22-14-4-2-1-3-5-14/h1-9H,10-11H2,(H2,17,20)(H2,18,19,21). The smallest absolute Gasteiger partial charge is 0.248 e. The Hall–Kier alpha value is -2.05. The van der Waals surface area contributed by atoms with Crippen LogP contribution in [0, 0.1) is 0 Å². The molecule has 0 aliphatic heterocycles. The van der Waals surface area contributed by atoms with E-state index < -0.39 is 5.91 Å². The second-order valence-corrected chi connectivity index (χ2v) is 6.06. The normalized spacial score (nSPS) is 10.0. The van der Waals surface area contributed by atoms with E-state index in [0.717, 1.165) is 18.0 Å². The van der Waals surface area contributed by atoms with Crippen LogP contribution in [0.2, 0.25) is 0 Å². The van der Waals surface area contributed by atoms with E-state index in [1.54, 1.807) is 36.0 Å². The number of thiocarbonyl (C=S) groups is 1. The summed E-state index contributed by atoms with van der Waals surface area (Å²) in [5, 5.41) is 6.77. The van der Waals surface area contributed by atoms with Crippen molar-refractivity contribution < 1.29 is 4.79 Å². The lowest BCUT2D eigenvalue weighted by atomic mass is 10.2. The molecule has 114 valence electrons. The van der Waals surface area contributed by atoms with Crippen molar-refractivity contribution in [3.8, 4) is 0 Å². The van der Waals surface area contributed by atoms with Crippen LogP contribution in [0.3, 0.4) is 0 Å². The molecule has 22 heavy (non-hydrogen) atoms. The Morgan fingerprint density at radius 2 is 1.77 bits per heavy atom. The van der Waals surface area contributed by atoms with E-state index in [-0.39, 0.29) is 0 Å². The van der Waals surface area contributed by atoms with Crippen molar-refractivity contribution in [2.24, 2.45) is 5.73 Å². The highest BCUT2D eigenvalue weighted by Crippen LogP contribution is 2.15. The van der Waals surface area contributed by atoms with Crippen LogP contribution in [0.5, 0.6) is 0 Å². The van der Waals surface area contributed by atoms with Crippen LogP contribution in [0.4, 0.5) is 5.69 Å². The van der Waals surface area contributed by atoms with E-state index in [0.29, 0.717) is 10.7 Å². The van der Waals surface area contributed by atoms with Gasteiger partial charge in [0, 0.05) is 28.4 Å². The summed E-state index contributed by atoms with van der Waals surface area (Å²) in [7, 11) is 0. The van der Waals surface area contributed by atoms with E-state index in [2.05, 4.69) is 22.8 Å². The highest BCUT2D eigenvalue weighted by atomic mass is 32.2. The summed E-state index contributed by atoms with van der Waals surface area (Å²) in [6.07, 6.45) is 0. The third-order valence-corrected chi connectivity index (χ3v) is 4.09. The van der Waals surface area contributed by atoms with E-state index in [1.165, 1.54) is 4.90 Å². The molecular weight excluding hydrogens is 314 g/mol. The Kier molecular flexibility index (Phi) is 6.24. The molecule has 1 amide bonds. The summed E-state index contributed by atoms with van der Waals surface area (Å²) in [6.45, 7) is 0.769. The number of primary amides is 1. The summed E-state index contributed by atoms with van der Waals surface area (Å²) in [4.78, 5) is 12.2. The molecule has 0 aromatic heterocycles. The number of amides is 1. The van der Waals surface area contributed by atoms with Crippen LogP contribution in [-0.2, 0) is 0 Å². The summed E-state index contributed by atoms with van der Waals surface area (Å²) in [5.74, 6) is 0.483. The Balaban J connectivity index is 1.70. The zero-order valence-electron chi connectivity index (χ0n) is 11.9. The van der Waals surface area contributed by atoms with Gasteiger partial charge in [0.15, 0.2) is 5.11 Å². The fourth-order valence-corrected chi connectivity index (χ4v) is 2.75. The first-order valence-electron chi connectivity index (χ1n) is 6.78. The molecule has 0 aliphatic carbocycles. The predicted octanol–water partition coefficient (Wildman–Crippen LogP) is 2.86. The van der Waals surface area contributed by atoms with Crippen LogP contribution in [0.1, 0.15) is 10.4 Å². The van der Waals surface area contributed by atoms with Gasteiger partial charge < -0.3 is 16.4 Å². The zero-order valence-corrected chi connectivity index (χ0v) is 13.5. The van der Waals surface area contributed by atoms with E-state index >= 15 is 0 Å². The number of rotatable bonds is 6. The van der Waals surface area contributed by atoms with Crippen molar-refractivity contribution in [1.82, 2.24) is 5.32 Å². The van der Waals surface area contributed by atoms with E-state index in [9.17, 15) is 4.79 Å². The average Bonchev–Trinajstić information content (AvgIpc) is 2.53. The van der Waals surface area contributed by atoms with Gasteiger partial charge in [0.25, 0.3) is 0 Å². The van der Waals surface area contributed by atoms with Gasteiger partial charge in [0.1, 0.15) is 0 Å². The van der Waals surface area contributed by atoms with Crippen LogP contribution in [0.15, 0.2) is 59.5 Å². The van der Waals surface area contributed by atoms with Gasteiger partial charge in [-0.15, -0.1) is 11.8 Å². The monoisotopic (exact) mass is 331 g/mol. The zero-order chi connectivity index (χ0) is 15.8. The van der Waals surface area contributed by atoms with Crippen LogP contribution < -0.4 is 16.4 Å². The number of hydrogen-bond acceptors (Lipinski definition) is 3. The minimum absolute atomic E-state index is 0.440. The fraction of sp³-hybridized carbons (Fsp3) is 0.125. The van der Waals surface area contributed by atoms with E-state index in [4.69, 9.17) is 18.0 Å². The Labute approximate surface area is 139 Å². The molecule has 0 radical (unpaired) electrons. The Morgan fingerprint density at radius 1 is 1.09 bits per heavy atom. The SMILES string of the molecule is NC(=O)c1ccc(NC(=S)NCCSc2ccccc2)cc1. The number of hydrogen-bond donors (Lipinski definition) is 3. The number of thioether (sulfide) groups is 1. The number of anilines is 1. The molecule has 0 saturated carbocycles. The molecule has 0 fully saturated rings. The van der Waals surface area contributed by atoms with Crippen molar-refractivity contribution in [1.29, 1.82) is 0 Å². The molecule has 4 N–H and O–H groups in total. The van der Waals surface area contributed by atoms with Crippen molar-refractivity contribution in [2.45, 2.75) is 4.90 Å². The third kappa shape index (κ3) is 5.38. The molecule has 0 bridgehead atoms. The molecule has 2 aromatic carbocycles. The molecule has 0 atom stereocenters. The number of carbonyl (C=O) groups excluding carboxylic acids is 1. The highest BCUT2D eigenvalue weighted by Gasteiger charge is 2.01. The molecule has 0 heterocycles. The lowest BCUT2D eigenvalue weighted by molar-refractivity contribution is 0.100. The van der Waals surface area contributed by atoms with Gasteiger partial charge in [-0.05, 0) is 48.6 Å². The largest absolute Gasteiger partial charge is 0.366 e. The lowest BCUT2D eigenvalue weighted by Crippen LogP contribution is -2.30. The quantitative estimate of drug-likeness (QED) is 0.431. The number of nitrogens with two attached hydrogens (primary N) is 1. The fourth-order valence-electron chi connectivity index (χ4n) is 1.74. The second-order valence-electron chi connectivity index (χ2n) is 4.48. The van der Waals surface area contributed by atoms with Gasteiger partial charge in [-0.3, -0.25) is 4.79 Å². The van der Waals surface area contributed by atoms with Gasteiger partial charge >= 0.3 is 0 Å². The Bertz CT molecular complexity index is 630. The maximum absolute atomic E-state index is 11.0. The first-order chi connectivity index (χ1) is 10.6. The third-order valence-electron chi connectivity index (χ3n) is 2.83. The Morgan fingerprint density at radius 3 is 2.41 bits per heavy atom. The predicted molar refractivity (Wildman–Crippen MR) is 96.3 cm³/mol. The van der Waals surface area contributed by atoms with Crippen molar-refractivity contribution >= 4 is 40.7 Å². The molecule has 0 saturated heterocycles. The molecule has 2 aromatic rings. The van der Waals surface area contributed by atoms with Gasteiger partial charge in [-0.25, -0.2) is 0 Å². The number of nitrogens with one attached hydrogen (secondary N) is 2. The topological polar surface area (TPSA) is 67.2 Å². The van der Waals surface area contributed by atoms with Crippen LogP contribution in [-0.4, -0.2) is 23.3 Å². The number of carbonyl (C=O) groups is 1. The van der Waals surface area contributed by atoms with Crippen molar-refractivity contribution in [3.05, 3.63) is 60.2 Å². The van der Waals surface area contributed by atoms with Crippen molar-refractivity contribution in [3.63, 3.8) is 0 Å². The minimum atomic E-state index is -0.440. The maximum atomic E-state index is 11.0. The molecule has 0 unspecified atom stereocenters. The van der Waals surface area contributed by atoms with Gasteiger partial charge in [-0.1, -0.05) is 18.2 Å². The minimum Gasteiger partial charge on any atom is -0.366 e.